The maximum atomic E-state index is 6.75. The summed E-state index contributed by atoms with van der Waals surface area (Å²) in [7, 11) is 0. The van der Waals surface area contributed by atoms with Crippen molar-refractivity contribution in [2.45, 2.75) is 10.8 Å². The van der Waals surface area contributed by atoms with Crippen LogP contribution in [0.4, 0.5) is 34.1 Å². The van der Waals surface area contributed by atoms with Crippen LogP contribution in [0.3, 0.4) is 0 Å². The quantitative estimate of drug-likeness (QED) is 0.166. The van der Waals surface area contributed by atoms with E-state index in [2.05, 4.69) is 265 Å². The molecule has 0 radical (unpaired) electrons. The topological polar surface area (TPSA) is 19.6 Å². The molecular weight excluding hydrogens is 789 g/mol. The molecule has 11 aromatic rings. The average Bonchev–Trinajstić information content (AvgIpc) is 3.75. The molecule has 0 atom stereocenters. The fourth-order valence-electron chi connectivity index (χ4n) is 11.4. The van der Waals surface area contributed by atoms with E-state index < -0.39 is 10.8 Å². The fourth-order valence-corrected chi connectivity index (χ4v) is 11.4. The Morgan fingerprint density at radius 3 is 1.05 bits per heavy atom. The number of rotatable bonds is 6. The summed E-state index contributed by atoms with van der Waals surface area (Å²) in [4.78, 5) is 4.87. The van der Waals surface area contributed by atoms with Crippen LogP contribution in [0.2, 0.25) is 0 Å². The third-order valence-corrected chi connectivity index (χ3v) is 14.0. The van der Waals surface area contributed by atoms with E-state index in [1.807, 2.05) is 0 Å². The summed E-state index contributed by atoms with van der Waals surface area (Å²) in [6.07, 6.45) is 0. The van der Waals surface area contributed by atoms with E-state index in [0.29, 0.717) is 0 Å². The van der Waals surface area contributed by atoms with Gasteiger partial charge in [-0.25, -0.2) is 0 Å². The lowest BCUT2D eigenvalue weighted by Gasteiger charge is -2.46. The smallest absolute Gasteiger partial charge is 0.135 e. The molecule has 65 heavy (non-hydrogen) atoms. The van der Waals surface area contributed by atoms with Crippen molar-refractivity contribution in [3.8, 4) is 0 Å². The lowest BCUT2D eigenvalue weighted by molar-refractivity contribution is 0.667. The zero-order valence-electron chi connectivity index (χ0n) is 35.6. The molecule has 2 aliphatic rings. The lowest BCUT2D eigenvalue weighted by Crippen LogP contribution is -2.37. The van der Waals surface area contributed by atoms with E-state index >= 15 is 0 Å². The highest BCUT2D eigenvalue weighted by molar-refractivity contribution is 6.08. The van der Waals surface area contributed by atoms with Gasteiger partial charge in [-0.1, -0.05) is 188 Å². The van der Waals surface area contributed by atoms with Crippen molar-refractivity contribution < 1.29 is 4.42 Å². The summed E-state index contributed by atoms with van der Waals surface area (Å²) in [6.45, 7) is 0. The van der Waals surface area contributed by atoms with Gasteiger partial charge in [0.1, 0.15) is 11.2 Å². The summed E-state index contributed by atoms with van der Waals surface area (Å²) < 4.78 is 6.75. The molecule has 0 N–H and O–H groups in total. The first-order chi connectivity index (χ1) is 32.3. The first-order valence-electron chi connectivity index (χ1n) is 22.4. The van der Waals surface area contributed by atoms with Gasteiger partial charge in [0.2, 0.25) is 0 Å². The molecule has 0 unspecified atom stereocenters. The van der Waals surface area contributed by atoms with Crippen molar-refractivity contribution in [3.05, 3.63) is 299 Å². The molecule has 0 aliphatic carbocycles. The summed E-state index contributed by atoms with van der Waals surface area (Å²) in [5, 5.41) is 2.15. The van der Waals surface area contributed by atoms with E-state index in [0.717, 1.165) is 56.1 Å². The molecule has 3 heteroatoms. The SMILES string of the molecule is c1ccc(N2c3ccccc3C(c3ccccc3)(c3ccc4oc5ccc(N6c7ccccc7C(c7ccccc7)(c7ccccc7)c7ccccc76)cc5c4c3)c3ccccc32)cc1. The van der Waals surface area contributed by atoms with Gasteiger partial charge in [-0.2, -0.15) is 0 Å². The molecule has 3 nitrogen and oxygen atoms in total. The molecule has 0 amide bonds. The predicted octanol–water partition coefficient (Wildman–Crippen LogP) is 15.9. The molecular formula is C62H42N2O. The van der Waals surface area contributed by atoms with Crippen molar-refractivity contribution in [2.75, 3.05) is 9.80 Å². The zero-order chi connectivity index (χ0) is 43.0. The Morgan fingerprint density at radius 1 is 0.262 bits per heavy atom. The summed E-state index contributed by atoms with van der Waals surface area (Å²) in [5.74, 6) is 0. The highest BCUT2D eigenvalue weighted by Crippen LogP contribution is 2.60. The van der Waals surface area contributed by atoms with Gasteiger partial charge in [-0.05, 0) is 111 Å². The largest absolute Gasteiger partial charge is 0.456 e. The van der Waals surface area contributed by atoms with Gasteiger partial charge in [0, 0.05) is 22.1 Å². The number of hydrogen-bond acceptors (Lipinski definition) is 3. The van der Waals surface area contributed by atoms with Crippen molar-refractivity contribution in [1.29, 1.82) is 0 Å². The van der Waals surface area contributed by atoms with Crippen LogP contribution in [0, 0.1) is 0 Å². The van der Waals surface area contributed by atoms with Crippen LogP contribution in [0.1, 0.15) is 44.5 Å². The molecule has 10 aromatic carbocycles. The normalized spacial score (nSPS) is 14.3. The predicted molar refractivity (Wildman–Crippen MR) is 267 cm³/mol. The van der Waals surface area contributed by atoms with Crippen LogP contribution in [0.25, 0.3) is 21.9 Å². The first kappa shape index (κ1) is 37.2. The van der Waals surface area contributed by atoms with Crippen molar-refractivity contribution in [1.82, 2.24) is 0 Å². The zero-order valence-corrected chi connectivity index (χ0v) is 35.6. The molecule has 1 aromatic heterocycles. The van der Waals surface area contributed by atoms with E-state index in [9.17, 15) is 0 Å². The Morgan fingerprint density at radius 2 is 0.600 bits per heavy atom. The van der Waals surface area contributed by atoms with Gasteiger partial charge in [0.25, 0.3) is 0 Å². The summed E-state index contributed by atoms with van der Waals surface area (Å²) >= 11 is 0. The third kappa shape index (κ3) is 5.30. The number of para-hydroxylation sites is 5. The Bertz CT molecular complexity index is 3420. The standard InChI is InChI=1S/C62H42N2O/c1-5-21-43(22-6-1)61(44-23-7-2-8-24-44)51-29-13-19-35-57(51)64(58-36-20-14-30-52(58)61)48-38-40-60-50(42-48)49-41-46(37-39-59(49)65-60)62(45-25-9-3-10-26-45)53-31-15-17-33-55(53)63(47-27-11-4-12-28-47)56-34-18-16-32-54(56)62/h1-42H. The van der Waals surface area contributed by atoms with E-state index in [1.165, 1.54) is 44.5 Å². The second-order valence-electron chi connectivity index (χ2n) is 17.2. The second kappa shape index (κ2) is 14.6. The third-order valence-electron chi connectivity index (χ3n) is 14.0. The van der Waals surface area contributed by atoms with E-state index in [1.54, 1.807) is 0 Å². The van der Waals surface area contributed by atoms with Crippen molar-refractivity contribution >= 4 is 56.1 Å². The molecule has 13 rings (SSSR count). The number of hydrogen-bond donors (Lipinski definition) is 0. The van der Waals surface area contributed by atoms with Gasteiger partial charge in [-0.3, -0.25) is 0 Å². The van der Waals surface area contributed by atoms with Crippen LogP contribution in [0.15, 0.2) is 259 Å². The number of nitrogens with zero attached hydrogens (tertiary/aromatic N) is 2. The molecule has 0 saturated heterocycles. The Hall–Kier alpha value is -8.40. The number of benzene rings is 10. The van der Waals surface area contributed by atoms with Crippen LogP contribution in [0.5, 0.6) is 0 Å². The van der Waals surface area contributed by atoms with Gasteiger partial charge in [0.15, 0.2) is 0 Å². The maximum Gasteiger partial charge on any atom is 0.135 e. The molecule has 0 bridgehead atoms. The Labute approximate surface area is 378 Å². The summed E-state index contributed by atoms with van der Waals surface area (Å²) in [5.41, 5.74) is 17.1. The highest BCUT2D eigenvalue weighted by atomic mass is 16.3. The molecule has 2 aliphatic heterocycles. The maximum absolute atomic E-state index is 6.75. The van der Waals surface area contributed by atoms with Crippen molar-refractivity contribution in [3.63, 3.8) is 0 Å². The lowest BCUT2D eigenvalue weighted by atomic mass is 9.62. The Kier molecular flexibility index (Phi) is 8.34. The fraction of sp³-hybridized carbons (Fsp3) is 0.0323. The van der Waals surface area contributed by atoms with E-state index in [4.69, 9.17) is 4.42 Å². The molecule has 0 spiro atoms. The molecule has 306 valence electrons. The monoisotopic (exact) mass is 830 g/mol. The molecule has 3 heterocycles. The van der Waals surface area contributed by atoms with Crippen LogP contribution >= 0.6 is 0 Å². The average molecular weight is 831 g/mol. The minimum absolute atomic E-state index is 0.540. The number of furan rings is 1. The Balaban J connectivity index is 1.05. The molecule has 0 fully saturated rings. The van der Waals surface area contributed by atoms with Crippen LogP contribution in [-0.2, 0) is 10.8 Å². The summed E-state index contributed by atoms with van der Waals surface area (Å²) in [6, 6.07) is 93.1. The number of anilines is 6. The van der Waals surface area contributed by atoms with Gasteiger partial charge < -0.3 is 14.2 Å². The number of fused-ring (bicyclic) bond motifs is 7. The van der Waals surface area contributed by atoms with Crippen molar-refractivity contribution in [2.24, 2.45) is 0 Å². The minimum atomic E-state index is -0.641. The molecule has 0 saturated carbocycles. The second-order valence-corrected chi connectivity index (χ2v) is 17.2. The van der Waals surface area contributed by atoms with Gasteiger partial charge in [-0.15, -0.1) is 0 Å². The van der Waals surface area contributed by atoms with Crippen LogP contribution < -0.4 is 9.80 Å². The first-order valence-corrected chi connectivity index (χ1v) is 22.4. The van der Waals surface area contributed by atoms with Gasteiger partial charge >= 0.3 is 0 Å². The van der Waals surface area contributed by atoms with Gasteiger partial charge in [0.05, 0.1) is 33.6 Å². The minimum Gasteiger partial charge on any atom is -0.456 e. The van der Waals surface area contributed by atoms with Crippen LogP contribution in [-0.4, -0.2) is 0 Å². The highest BCUT2D eigenvalue weighted by Gasteiger charge is 2.48. The van der Waals surface area contributed by atoms with E-state index in [-0.39, 0.29) is 0 Å².